The first kappa shape index (κ1) is 15.1. The summed E-state index contributed by atoms with van der Waals surface area (Å²) in [5, 5.41) is 0. The number of halogens is 2. The Kier molecular flexibility index (Phi) is 5.68. The molecule has 0 aliphatic heterocycles. The third-order valence-electron chi connectivity index (χ3n) is 2.63. The van der Waals surface area contributed by atoms with Gasteiger partial charge in [0.1, 0.15) is 6.61 Å². The predicted molar refractivity (Wildman–Crippen MR) is 83.4 cm³/mol. The van der Waals surface area contributed by atoms with Gasteiger partial charge in [0.2, 0.25) is 0 Å². The highest BCUT2D eigenvalue weighted by atomic mass is 79.9. The molecule has 0 radical (unpaired) electrons. The lowest BCUT2D eigenvalue weighted by molar-refractivity contribution is 0.266. The molecule has 0 aliphatic carbocycles. The van der Waals surface area contributed by atoms with E-state index < -0.39 is 0 Å². The summed E-state index contributed by atoms with van der Waals surface area (Å²) in [7, 11) is 0. The molecule has 1 aromatic heterocycles. The van der Waals surface area contributed by atoms with E-state index in [2.05, 4.69) is 20.9 Å². The Morgan fingerprint density at radius 1 is 1.15 bits per heavy atom. The van der Waals surface area contributed by atoms with Crippen molar-refractivity contribution in [2.45, 2.75) is 19.4 Å². The quantitative estimate of drug-likeness (QED) is 0.711. The third kappa shape index (κ3) is 4.12. The van der Waals surface area contributed by atoms with Crippen LogP contribution in [0, 0.1) is 0 Å². The molecule has 3 nitrogen and oxygen atoms in total. The Hall–Kier alpha value is -1.26. The first-order valence-corrected chi connectivity index (χ1v) is 7.60. The van der Waals surface area contributed by atoms with Crippen LogP contribution in [0.3, 0.4) is 0 Å². The van der Waals surface area contributed by atoms with Crippen LogP contribution in [0.25, 0.3) is 0 Å². The van der Waals surface area contributed by atoms with Crippen LogP contribution in [0.5, 0.6) is 11.5 Å². The summed E-state index contributed by atoms with van der Waals surface area (Å²) in [5.74, 6) is 1.86. The van der Waals surface area contributed by atoms with Crippen LogP contribution in [-0.4, -0.2) is 11.6 Å². The Morgan fingerprint density at radius 2 is 2.00 bits per heavy atom. The van der Waals surface area contributed by atoms with Crippen LogP contribution in [0.4, 0.5) is 0 Å². The van der Waals surface area contributed by atoms with E-state index in [1.807, 2.05) is 37.3 Å². The lowest BCUT2D eigenvalue weighted by atomic mass is 10.2. The van der Waals surface area contributed by atoms with Crippen molar-refractivity contribution in [1.29, 1.82) is 0 Å². The van der Waals surface area contributed by atoms with Gasteiger partial charge in [0.05, 0.1) is 12.3 Å². The molecule has 0 spiro atoms. The smallest absolute Gasteiger partial charge is 0.161 e. The van der Waals surface area contributed by atoms with Crippen molar-refractivity contribution < 1.29 is 9.47 Å². The van der Waals surface area contributed by atoms with Crippen LogP contribution < -0.4 is 9.47 Å². The summed E-state index contributed by atoms with van der Waals surface area (Å²) in [4.78, 5) is 4.27. The molecule has 0 unspecified atom stereocenters. The minimum Gasteiger partial charge on any atom is -0.490 e. The van der Waals surface area contributed by atoms with E-state index in [1.54, 1.807) is 6.20 Å². The van der Waals surface area contributed by atoms with Crippen molar-refractivity contribution in [1.82, 2.24) is 4.98 Å². The monoisotopic (exact) mass is 355 g/mol. The molecule has 0 saturated carbocycles. The van der Waals surface area contributed by atoms with Gasteiger partial charge in [0.15, 0.2) is 11.5 Å². The van der Waals surface area contributed by atoms with Crippen molar-refractivity contribution in [2.24, 2.45) is 0 Å². The first-order valence-electron chi connectivity index (χ1n) is 6.28. The molecule has 2 rings (SSSR count). The number of rotatable bonds is 6. The zero-order valence-electron chi connectivity index (χ0n) is 11.1. The zero-order chi connectivity index (χ0) is 14.4. The third-order valence-corrected chi connectivity index (χ3v) is 3.40. The first-order chi connectivity index (χ1) is 9.72. The van der Waals surface area contributed by atoms with E-state index in [0.717, 1.165) is 15.7 Å². The van der Waals surface area contributed by atoms with Gasteiger partial charge in [-0.1, -0.05) is 6.07 Å². The maximum Gasteiger partial charge on any atom is 0.161 e. The fraction of sp³-hybridized carbons (Fsp3) is 0.267. The van der Waals surface area contributed by atoms with Gasteiger partial charge in [0.25, 0.3) is 0 Å². The Balaban J connectivity index is 2.09. The number of hydrogen-bond acceptors (Lipinski definition) is 3. The second kappa shape index (κ2) is 7.50. The Labute approximate surface area is 132 Å². The van der Waals surface area contributed by atoms with Gasteiger partial charge in [-0.3, -0.25) is 4.98 Å². The van der Waals surface area contributed by atoms with Gasteiger partial charge >= 0.3 is 0 Å². The summed E-state index contributed by atoms with van der Waals surface area (Å²) in [6.07, 6.45) is 1.75. The van der Waals surface area contributed by atoms with Crippen LogP contribution in [-0.2, 0) is 12.5 Å². The molecule has 0 N–H and O–H groups in total. The van der Waals surface area contributed by atoms with E-state index in [1.165, 1.54) is 0 Å². The number of aromatic nitrogens is 1. The number of nitrogens with zero attached hydrogens (tertiary/aromatic N) is 1. The van der Waals surface area contributed by atoms with Crippen molar-refractivity contribution in [3.63, 3.8) is 0 Å². The molecule has 5 heteroatoms. The maximum absolute atomic E-state index is 5.83. The van der Waals surface area contributed by atoms with Crippen LogP contribution >= 0.6 is 27.5 Å². The molecule has 0 bridgehead atoms. The van der Waals surface area contributed by atoms with Gasteiger partial charge in [-0.2, -0.15) is 0 Å². The average Bonchev–Trinajstić information content (AvgIpc) is 2.48. The van der Waals surface area contributed by atoms with E-state index in [-0.39, 0.29) is 0 Å². The van der Waals surface area contributed by atoms with Gasteiger partial charge in [-0.25, -0.2) is 0 Å². The number of alkyl halides is 1. The van der Waals surface area contributed by atoms with Gasteiger partial charge < -0.3 is 9.47 Å². The summed E-state index contributed by atoms with van der Waals surface area (Å²) in [6.45, 7) is 2.92. The second-order valence-corrected chi connectivity index (χ2v) is 5.29. The standard InChI is InChI=1S/C15H15BrClNO2/c1-2-19-15-7-11(8-17)3-6-14(15)20-10-13-5-4-12(16)9-18-13/h3-7,9H,2,8,10H2,1H3. The SMILES string of the molecule is CCOc1cc(CCl)ccc1OCc1ccc(Br)cn1. The van der Waals surface area contributed by atoms with Gasteiger partial charge in [0, 0.05) is 16.5 Å². The predicted octanol–water partition coefficient (Wildman–Crippen LogP) is 4.56. The molecule has 0 amide bonds. The molecule has 0 fully saturated rings. The van der Waals surface area contributed by atoms with Gasteiger partial charge in [-0.15, -0.1) is 11.6 Å². The van der Waals surface area contributed by atoms with Crippen LogP contribution in [0.1, 0.15) is 18.2 Å². The average molecular weight is 357 g/mol. The summed E-state index contributed by atoms with van der Waals surface area (Å²) in [5.41, 5.74) is 1.86. The lowest BCUT2D eigenvalue weighted by Crippen LogP contribution is -2.01. The fourth-order valence-electron chi connectivity index (χ4n) is 1.67. The Morgan fingerprint density at radius 3 is 2.65 bits per heavy atom. The molecule has 20 heavy (non-hydrogen) atoms. The Bertz CT molecular complexity index is 560. The van der Waals surface area contributed by atoms with Crippen LogP contribution in [0.2, 0.25) is 0 Å². The largest absolute Gasteiger partial charge is 0.490 e. The molecule has 1 heterocycles. The maximum atomic E-state index is 5.83. The highest BCUT2D eigenvalue weighted by molar-refractivity contribution is 9.10. The zero-order valence-corrected chi connectivity index (χ0v) is 13.4. The summed E-state index contributed by atoms with van der Waals surface area (Å²) < 4.78 is 12.3. The summed E-state index contributed by atoms with van der Waals surface area (Å²) in [6, 6.07) is 9.56. The molecule has 0 saturated heterocycles. The lowest BCUT2D eigenvalue weighted by Gasteiger charge is -2.12. The second-order valence-electron chi connectivity index (χ2n) is 4.10. The van der Waals surface area contributed by atoms with E-state index in [9.17, 15) is 0 Å². The van der Waals surface area contributed by atoms with Crippen molar-refractivity contribution >= 4 is 27.5 Å². The van der Waals surface area contributed by atoms with E-state index in [4.69, 9.17) is 21.1 Å². The normalized spacial score (nSPS) is 10.3. The van der Waals surface area contributed by atoms with E-state index >= 15 is 0 Å². The minimum absolute atomic E-state index is 0.396. The summed E-state index contributed by atoms with van der Waals surface area (Å²) >= 11 is 9.18. The highest BCUT2D eigenvalue weighted by Gasteiger charge is 2.07. The number of pyridine rings is 1. The fourth-order valence-corrected chi connectivity index (χ4v) is 2.07. The van der Waals surface area contributed by atoms with Gasteiger partial charge in [-0.05, 0) is 52.7 Å². The molecule has 0 aliphatic rings. The molecular weight excluding hydrogens is 342 g/mol. The molecule has 106 valence electrons. The van der Waals surface area contributed by atoms with Crippen molar-refractivity contribution in [2.75, 3.05) is 6.61 Å². The molecule has 2 aromatic rings. The minimum atomic E-state index is 0.396. The van der Waals surface area contributed by atoms with Crippen molar-refractivity contribution in [3.8, 4) is 11.5 Å². The number of benzene rings is 1. The number of ether oxygens (including phenoxy) is 2. The molecular formula is C15H15BrClNO2. The highest BCUT2D eigenvalue weighted by Crippen LogP contribution is 2.29. The molecule has 1 aromatic carbocycles. The number of hydrogen-bond donors (Lipinski definition) is 0. The van der Waals surface area contributed by atoms with Crippen LogP contribution in [0.15, 0.2) is 41.0 Å². The molecule has 0 atom stereocenters. The van der Waals surface area contributed by atoms with Crippen molar-refractivity contribution in [3.05, 3.63) is 52.3 Å². The topological polar surface area (TPSA) is 31.4 Å². The van der Waals surface area contributed by atoms with E-state index in [0.29, 0.717) is 30.6 Å².